The van der Waals surface area contributed by atoms with Crippen LogP contribution in [0, 0.1) is 13.8 Å². The van der Waals surface area contributed by atoms with E-state index in [0.717, 1.165) is 26.7 Å². The molecule has 23 heavy (non-hydrogen) atoms. The first-order valence-corrected chi connectivity index (χ1v) is 7.92. The first-order chi connectivity index (χ1) is 11.1. The van der Waals surface area contributed by atoms with Crippen molar-refractivity contribution in [2.45, 2.75) is 13.8 Å². The summed E-state index contributed by atoms with van der Waals surface area (Å²) < 4.78 is 2.95. The second kappa shape index (κ2) is 5.13. The standard InChI is InChI=1S/C16H13N5OS/c1-9-19-20-15-7-11(5-6-21(9)15)16(22)18-12-3-4-14-13(8-12)17-10(2)23-14/h3-8H,1-2H3,(H,18,22). The molecule has 0 aliphatic carbocycles. The van der Waals surface area contributed by atoms with Crippen molar-refractivity contribution in [3.05, 3.63) is 52.9 Å². The molecule has 0 saturated carbocycles. The van der Waals surface area contributed by atoms with Crippen molar-refractivity contribution in [2.75, 3.05) is 5.32 Å². The monoisotopic (exact) mass is 323 g/mol. The SMILES string of the molecule is Cc1nc2cc(NC(=O)c3ccn4c(C)nnc4c3)ccc2s1. The maximum atomic E-state index is 12.4. The minimum Gasteiger partial charge on any atom is -0.322 e. The molecule has 4 rings (SSSR count). The van der Waals surface area contributed by atoms with Gasteiger partial charge < -0.3 is 5.32 Å². The van der Waals surface area contributed by atoms with Gasteiger partial charge in [0.15, 0.2) is 5.65 Å². The number of benzene rings is 1. The number of nitrogens with one attached hydrogen (secondary N) is 1. The van der Waals surface area contributed by atoms with Crippen LogP contribution in [-0.2, 0) is 0 Å². The molecule has 0 spiro atoms. The minimum atomic E-state index is -0.181. The van der Waals surface area contributed by atoms with Crippen LogP contribution in [0.4, 0.5) is 5.69 Å². The summed E-state index contributed by atoms with van der Waals surface area (Å²) in [6, 6.07) is 9.22. The van der Waals surface area contributed by atoms with Gasteiger partial charge in [-0.1, -0.05) is 0 Å². The first-order valence-electron chi connectivity index (χ1n) is 7.10. The molecule has 0 aliphatic rings. The van der Waals surface area contributed by atoms with Crippen LogP contribution in [0.25, 0.3) is 15.9 Å². The number of fused-ring (bicyclic) bond motifs is 2. The van der Waals surface area contributed by atoms with E-state index in [1.54, 1.807) is 29.7 Å². The van der Waals surface area contributed by atoms with Crippen molar-refractivity contribution in [3.63, 3.8) is 0 Å². The fourth-order valence-corrected chi connectivity index (χ4v) is 3.28. The fraction of sp³-hybridized carbons (Fsp3) is 0.125. The number of aryl methyl sites for hydroxylation is 2. The van der Waals surface area contributed by atoms with E-state index < -0.39 is 0 Å². The van der Waals surface area contributed by atoms with Crippen LogP contribution in [0.15, 0.2) is 36.5 Å². The Morgan fingerprint density at radius 3 is 2.91 bits per heavy atom. The number of aromatic nitrogens is 4. The van der Waals surface area contributed by atoms with Gasteiger partial charge in [-0.2, -0.15) is 0 Å². The molecule has 7 heteroatoms. The van der Waals surface area contributed by atoms with Crippen LogP contribution in [0.2, 0.25) is 0 Å². The Morgan fingerprint density at radius 2 is 2.04 bits per heavy atom. The Labute approximate surface area is 135 Å². The zero-order valence-corrected chi connectivity index (χ0v) is 13.4. The van der Waals surface area contributed by atoms with Crippen LogP contribution in [0.1, 0.15) is 21.2 Å². The Hall–Kier alpha value is -2.80. The van der Waals surface area contributed by atoms with Crippen LogP contribution < -0.4 is 5.32 Å². The van der Waals surface area contributed by atoms with Gasteiger partial charge >= 0.3 is 0 Å². The minimum absolute atomic E-state index is 0.181. The Bertz CT molecular complexity index is 1050. The highest BCUT2D eigenvalue weighted by atomic mass is 32.1. The second-order valence-electron chi connectivity index (χ2n) is 5.26. The molecule has 1 amide bonds. The number of rotatable bonds is 2. The van der Waals surface area contributed by atoms with Crippen LogP contribution in [-0.4, -0.2) is 25.5 Å². The molecule has 0 atom stereocenters. The van der Waals surface area contributed by atoms with Crippen LogP contribution >= 0.6 is 11.3 Å². The highest BCUT2D eigenvalue weighted by Crippen LogP contribution is 2.24. The Morgan fingerprint density at radius 1 is 1.17 bits per heavy atom. The number of hydrogen-bond acceptors (Lipinski definition) is 5. The summed E-state index contributed by atoms with van der Waals surface area (Å²) in [5, 5.41) is 11.9. The van der Waals surface area contributed by atoms with Gasteiger partial charge in [0, 0.05) is 17.4 Å². The quantitative estimate of drug-likeness (QED) is 0.615. The van der Waals surface area contributed by atoms with Crippen LogP contribution in [0.5, 0.6) is 0 Å². The topological polar surface area (TPSA) is 72.2 Å². The van der Waals surface area contributed by atoms with Crippen molar-refractivity contribution >= 4 is 38.8 Å². The number of thiazole rings is 1. The average Bonchev–Trinajstić information content (AvgIpc) is 3.08. The second-order valence-corrected chi connectivity index (χ2v) is 6.50. The molecule has 3 heterocycles. The van der Waals surface area contributed by atoms with Crippen molar-refractivity contribution in [3.8, 4) is 0 Å². The number of amides is 1. The third kappa shape index (κ3) is 2.44. The number of anilines is 1. The van der Waals surface area contributed by atoms with Gasteiger partial charge in [-0.3, -0.25) is 9.20 Å². The zero-order chi connectivity index (χ0) is 16.0. The fourth-order valence-electron chi connectivity index (χ4n) is 2.48. The number of nitrogens with zero attached hydrogens (tertiary/aromatic N) is 4. The molecule has 0 radical (unpaired) electrons. The number of carbonyl (C=O) groups excluding carboxylic acids is 1. The summed E-state index contributed by atoms with van der Waals surface area (Å²) in [6.45, 7) is 3.84. The van der Waals surface area contributed by atoms with E-state index in [-0.39, 0.29) is 5.91 Å². The van der Waals surface area contributed by atoms with E-state index in [4.69, 9.17) is 0 Å². The van der Waals surface area contributed by atoms with E-state index >= 15 is 0 Å². The predicted molar refractivity (Wildman–Crippen MR) is 90.0 cm³/mol. The lowest BCUT2D eigenvalue weighted by Crippen LogP contribution is -2.12. The Balaban J connectivity index is 1.64. The molecule has 0 aliphatic heterocycles. The predicted octanol–water partition coefficient (Wildman–Crippen LogP) is 3.21. The van der Waals surface area contributed by atoms with Gasteiger partial charge in [0.05, 0.1) is 15.2 Å². The summed E-state index contributed by atoms with van der Waals surface area (Å²) in [4.78, 5) is 16.9. The van der Waals surface area contributed by atoms with Gasteiger partial charge in [0.2, 0.25) is 0 Å². The summed E-state index contributed by atoms with van der Waals surface area (Å²) in [5.74, 6) is 0.607. The highest BCUT2D eigenvalue weighted by molar-refractivity contribution is 7.18. The molecule has 0 fully saturated rings. The van der Waals surface area contributed by atoms with E-state index in [0.29, 0.717) is 11.2 Å². The molecular formula is C16H13N5OS. The van der Waals surface area contributed by atoms with E-state index in [1.807, 2.05) is 36.4 Å². The molecule has 1 aromatic carbocycles. The largest absolute Gasteiger partial charge is 0.322 e. The van der Waals surface area contributed by atoms with E-state index in [9.17, 15) is 4.79 Å². The average molecular weight is 323 g/mol. The number of pyridine rings is 1. The lowest BCUT2D eigenvalue weighted by Gasteiger charge is -2.05. The maximum absolute atomic E-state index is 12.4. The Kier molecular flexibility index (Phi) is 3.09. The van der Waals surface area contributed by atoms with E-state index in [1.165, 1.54) is 0 Å². The summed E-state index contributed by atoms with van der Waals surface area (Å²) in [6.07, 6.45) is 1.80. The zero-order valence-electron chi connectivity index (χ0n) is 12.6. The van der Waals surface area contributed by atoms with Gasteiger partial charge in [-0.05, 0) is 44.2 Å². The summed E-state index contributed by atoms with van der Waals surface area (Å²) >= 11 is 1.64. The smallest absolute Gasteiger partial charge is 0.255 e. The normalized spacial score (nSPS) is 11.2. The van der Waals surface area contributed by atoms with Crippen molar-refractivity contribution < 1.29 is 4.79 Å². The lowest BCUT2D eigenvalue weighted by atomic mass is 10.2. The van der Waals surface area contributed by atoms with Crippen molar-refractivity contribution in [1.82, 2.24) is 19.6 Å². The molecule has 3 aromatic heterocycles. The van der Waals surface area contributed by atoms with Gasteiger partial charge in [-0.25, -0.2) is 4.98 Å². The summed E-state index contributed by atoms with van der Waals surface area (Å²) in [7, 11) is 0. The molecule has 114 valence electrons. The van der Waals surface area contributed by atoms with Gasteiger partial charge in [0.25, 0.3) is 5.91 Å². The maximum Gasteiger partial charge on any atom is 0.255 e. The molecule has 1 N–H and O–H groups in total. The van der Waals surface area contributed by atoms with Crippen LogP contribution in [0.3, 0.4) is 0 Å². The lowest BCUT2D eigenvalue weighted by molar-refractivity contribution is 0.102. The molecule has 4 aromatic rings. The first kappa shape index (κ1) is 13.8. The molecule has 0 unspecified atom stereocenters. The molecular weight excluding hydrogens is 310 g/mol. The van der Waals surface area contributed by atoms with Crippen molar-refractivity contribution in [1.29, 1.82) is 0 Å². The third-order valence-corrected chi connectivity index (χ3v) is 4.55. The number of carbonyl (C=O) groups is 1. The third-order valence-electron chi connectivity index (χ3n) is 3.59. The molecule has 0 bridgehead atoms. The van der Waals surface area contributed by atoms with Gasteiger partial charge in [-0.15, -0.1) is 21.5 Å². The molecule has 6 nitrogen and oxygen atoms in total. The highest BCUT2D eigenvalue weighted by Gasteiger charge is 2.10. The summed E-state index contributed by atoms with van der Waals surface area (Å²) in [5.41, 5.74) is 2.82. The number of hydrogen-bond donors (Lipinski definition) is 1. The molecule has 0 saturated heterocycles. The van der Waals surface area contributed by atoms with Gasteiger partial charge in [0.1, 0.15) is 5.82 Å². The van der Waals surface area contributed by atoms with Crippen molar-refractivity contribution in [2.24, 2.45) is 0 Å². The van der Waals surface area contributed by atoms with E-state index in [2.05, 4.69) is 20.5 Å².